The van der Waals surface area contributed by atoms with Crippen molar-refractivity contribution in [2.24, 2.45) is 0 Å². The molecule has 0 aromatic heterocycles. The number of allylic oxidation sites excluding steroid dienone is 24. The summed E-state index contributed by atoms with van der Waals surface area (Å²) in [6.45, 7) is 6.34. The van der Waals surface area contributed by atoms with E-state index >= 15 is 0 Å². The second-order valence-corrected chi connectivity index (χ2v) is 22.0. The van der Waals surface area contributed by atoms with Gasteiger partial charge in [0.25, 0.3) is 0 Å². The van der Waals surface area contributed by atoms with Crippen LogP contribution < -0.4 is 0 Å². The maximum Gasteiger partial charge on any atom is 0.306 e. The monoisotopic (exact) mass is 1130 g/mol. The first-order valence-corrected chi connectivity index (χ1v) is 33.8. The van der Waals surface area contributed by atoms with Crippen molar-refractivity contribution in [1.82, 2.24) is 0 Å². The van der Waals surface area contributed by atoms with E-state index in [0.29, 0.717) is 19.3 Å². The van der Waals surface area contributed by atoms with Crippen LogP contribution in [0.15, 0.2) is 146 Å². The highest BCUT2D eigenvalue weighted by Crippen LogP contribution is 2.17. The fourth-order valence-corrected chi connectivity index (χ4v) is 9.12. The Kier molecular flexibility index (Phi) is 64.8. The van der Waals surface area contributed by atoms with Gasteiger partial charge in [0.2, 0.25) is 0 Å². The third kappa shape index (κ3) is 66.1. The molecule has 0 N–H and O–H groups in total. The number of carbonyl (C=O) groups excluding carboxylic acids is 3. The van der Waals surface area contributed by atoms with Gasteiger partial charge in [0.05, 0.1) is 0 Å². The molecule has 82 heavy (non-hydrogen) atoms. The molecule has 0 aliphatic rings. The molecule has 0 amide bonds. The minimum atomic E-state index is -0.839. The van der Waals surface area contributed by atoms with E-state index in [-0.39, 0.29) is 44.0 Å². The minimum absolute atomic E-state index is 0.122. The molecule has 0 aliphatic carbocycles. The lowest BCUT2D eigenvalue weighted by Gasteiger charge is -2.18. The minimum Gasteiger partial charge on any atom is -0.462 e. The third-order valence-electron chi connectivity index (χ3n) is 14.1. The molecule has 0 aliphatic heterocycles. The van der Waals surface area contributed by atoms with Crippen LogP contribution in [-0.4, -0.2) is 37.2 Å². The molecule has 0 aromatic carbocycles. The van der Waals surface area contributed by atoms with E-state index in [1.54, 1.807) is 0 Å². The van der Waals surface area contributed by atoms with E-state index in [2.05, 4.69) is 167 Å². The third-order valence-corrected chi connectivity index (χ3v) is 14.1. The zero-order valence-electron chi connectivity index (χ0n) is 53.2. The zero-order chi connectivity index (χ0) is 59.2. The summed E-state index contributed by atoms with van der Waals surface area (Å²) in [6, 6.07) is 0. The van der Waals surface area contributed by atoms with E-state index in [1.807, 2.05) is 0 Å². The van der Waals surface area contributed by atoms with Crippen molar-refractivity contribution >= 4 is 17.9 Å². The van der Waals surface area contributed by atoms with E-state index in [9.17, 15) is 14.4 Å². The summed E-state index contributed by atoms with van der Waals surface area (Å²) in [5.41, 5.74) is 0. The Morgan fingerprint density at radius 1 is 0.256 bits per heavy atom. The lowest BCUT2D eigenvalue weighted by Crippen LogP contribution is -2.30. The zero-order valence-corrected chi connectivity index (χ0v) is 53.2. The summed E-state index contributed by atoms with van der Waals surface area (Å²) in [5.74, 6) is -1.04. The predicted octanol–water partition coefficient (Wildman–Crippen LogP) is 23.5. The second-order valence-electron chi connectivity index (χ2n) is 22.0. The van der Waals surface area contributed by atoms with E-state index < -0.39 is 6.10 Å². The van der Waals surface area contributed by atoms with Crippen molar-refractivity contribution in [1.29, 1.82) is 0 Å². The maximum atomic E-state index is 12.9. The SMILES string of the molecule is CC/C=C\C/C=C\C/C=C\C/C=C\C/C=C\C/C=C\C/C=C\CCCC(=O)OC(COC(=O)CCC/C=C\C/C=C\C/C=C\C/C=C\C/C=C\CC)COC(=O)CCCCCCCCCCCCCCCCCCCCCCCCCC. The van der Waals surface area contributed by atoms with Crippen LogP contribution in [0.5, 0.6) is 0 Å². The fourth-order valence-electron chi connectivity index (χ4n) is 9.12. The molecule has 0 spiro atoms. The summed E-state index contributed by atoms with van der Waals surface area (Å²) in [7, 11) is 0. The van der Waals surface area contributed by atoms with Crippen molar-refractivity contribution in [2.45, 2.75) is 303 Å². The van der Waals surface area contributed by atoms with Crippen LogP contribution in [0.1, 0.15) is 297 Å². The number of carbonyl (C=O) groups is 3. The van der Waals surface area contributed by atoms with Gasteiger partial charge in [-0.1, -0.05) is 314 Å². The van der Waals surface area contributed by atoms with Crippen LogP contribution in [0.3, 0.4) is 0 Å². The van der Waals surface area contributed by atoms with Crippen molar-refractivity contribution in [3.8, 4) is 0 Å². The van der Waals surface area contributed by atoms with E-state index in [1.165, 1.54) is 135 Å². The predicted molar refractivity (Wildman–Crippen MR) is 357 cm³/mol. The molecule has 0 saturated carbocycles. The summed E-state index contributed by atoms with van der Waals surface area (Å²) in [6.07, 6.45) is 98.8. The highest BCUT2D eigenvalue weighted by atomic mass is 16.6. The average Bonchev–Trinajstić information content (AvgIpc) is 3.47. The van der Waals surface area contributed by atoms with Crippen LogP contribution in [0.4, 0.5) is 0 Å². The Labute approximate surface area is 506 Å². The van der Waals surface area contributed by atoms with Crippen LogP contribution in [0, 0.1) is 0 Å². The number of ether oxygens (including phenoxy) is 3. The van der Waals surface area contributed by atoms with Crippen molar-refractivity contribution in [2.75, 3.05) is 13.2 Å². The normalized spacial score (nSPS) is 13.1. The Bertz CT molecular complexity index is 1780. The fraction of sp³-hybridized carbons (Fsp3) is 0.645. The number of hydrogen-bond donors (Lipinski definition) is 0. The van der Waals surface area contributed by atoms with Gasteiger partial charge < -0.3 is 14.2 Å². The van der Waals surface area contributed by atoms with Gasteiger partial charge in [-0.25, -0.2) is 0 Å². The molecule has 0 aromatic rings. The van der Waals surface area contributed by atoms with Gasteiger partial charge in [-0.15, -0.1) is 0 Å². The van der Waals surface area contributed by atoms with Crippen LogP contribution in [-0.2, 0) is 28.6 Å². The highest BCUT2D eigenvalue weighted by molar-refractivity contribution is 5.71. The van der Waals surface area contributed by atoms with E-state index in [0.717, 1.165) is 109 Å². The smallest absolute Gasteiger partial charge is 0.306 e. The lowest BCUT2D eigenvalue weighted by atomic mass is 10.0. The average molecular weight is 1130 g/mol. The van der Waals surface area contributed by atoms with E-state index in [4.69, 9.17) is 14.2 Å². The Hall–Kier alpha value is -4.71. The molecule has 0 radical (unpaired) electrons. The lowest BCUT2D eigenvalue weighted by molar-refractivity contribution is -0.167. The Morgan fingerprint density at radius 2 is 0.476 bits per heavy atom. The number of hydrogen-bond acceptors (Lipinski definition) is 6. The summed E-state index contributed by atoms with van der Waals surface area (Å²) in [4.78, 5) is 38.4. The maximum absolute atomic E-state index is 12.9. The molecule has 0 bridgehead atoms. The highest BCUT2D eigenvalue weighted by Gasteiger charge is 2.19. The first-order chi connectivity index (χ1) is 40.5. The molecule has 0 heterocycles. The van der Waals surface area contributed by atoms with Gasteiger partial charge >= 0.3 is 17.9 Å². The number of esters is 3. The topological polar surface area (TPSA) is 78.9 Å². The van der Waals surface area contributed by atoms with Gasteiger partial charge in [0.15, 0.2) is 6.10 Å². The number of unbranched alkanes of at least 4 members (excludes halogenated alkanes) is 25. The van der Waals surface area contributed by atoms with Gasteiger partial charge in [0.1, 0.15) is 13.2 Å². The van der Waals surface area contributed by atoms with Gasteiger partial charge in [-0.2, -0.15) is 0 Å². The first kappa shape index (κ1) is 77.3. The molecule has 0 saturated heterocycles. The van der Waals surface area contributed by atoms with Crippen LogP contribution >= 0.6 is 0 Å². The first-order valence-electron chi connectivity index (χ1n) is 33.8. The standard InChI is InChI=1S/C76H124O6/c1-4-7-10-13-16-19-22-25-28-31-33-35-37-39-40-42-45-48-51-54-57-60-63-66-69-75(78)81-72-73(71-80-74(77)68-65-62-59-56-53-50-47-44-30-27-24-21-18-15-12-9-6-3)82-76(79)70-67-64-61-58-55-52-49-46-43-41-38-36-34-32-29-26-23-20-17-14-11-8-5-2/h8-9,11-12,17-18,20-21,26-27,29-30,34,36,41,43,47,49-50,52,56,58-59,61,73H,4-7,10,13-16,19,22-25,28,31-33,35,37-40,42,44-46,48,51,53-55,57,60,62-72H2,1-3H3/b11-8-,12-9-,20-17-,21-18-,29-26-,30-27-,36-34-,43-41-,50-47-,52-49-,59-56-,61-58-. The van der Waals surface area contributed by atoms with Gasteiger partial charge in [-0.05, 0) is 109 Å². The molecule has 464 valence electrons. The second kappa shape index (κ2) is 68.8. The molecule has 0 fully saturated rings. The summed E-state index contributed by atoms with van der Waals surface area (Å²) in [5, 5.41) is 0. The molecular weight excluding hydrogens is 1010 g/mol. The van der Waals surface area contributed by atoms with Crippen molar-refractivity contribution in [3.05, 3.63) is 146 Å². The van der Waals surface area contributed by atoms with Gasteiger partial charge in [0, 0.05) is 19.3 Å². The Morgan fingerprint density at radius 3 is 0.744 bits per heavy atom. The Balaban J connectivity index is 4.51. The van der Waals surface area contributed by atoms with Crippen LogP contribution in [0.2, 0.25) is 0 Å². The molecule has 6 heteroatoms. The summed E-state index contributed by atoms with van der Waals surface area (Å²) < 4.78 is 16.9. The molecule has 0 rings (SSSR count). The van der Waals surface area contributed by atoms with Crippen molar-refractivity contribution < 1.29 is 28.6 Å². The van der Waals surface area contributed by atoms with Crippen LogP contribution in [0.25, 0.3) is 0 Å². The van der Waals surface area contributed by atoms with Crippen molar-refractivity contribution in [3.63, 3.8) is 0 Å². The quantitative estimate of drug-likeness (QED) is 0.0261. The summed E-state index contributed by atoms with van der Waals surface area (Å²) >= 11 is 0. The number of rotatable bonds is 60. The molecular formula is C76H124O6. The van der Waals surface area contributed by atoms with Gasteiger partial charge in [-0.3, -0.25) is 14.4 Å². The molecule has 1 atom stereocenters. The molecule has 6 nitrogen and oxygen atoms in total. The largest absolute Gasteiger partial charge is 0.462 e. The molecule has 1 unspecified atom stereocenters.